The van der Waals surface area contributed by atoms with Gasteiger partial charge in [-0.3, -0.25) is 0 Å². The Morgan fingerprint density at radius 1 is 1.27 bits per heavy atom. The third kappa shape index (κ3) is 4.89. The van der Waals surface area contributed by atoms with E-state index < -0.39 is 6.10 Å². The molecule has 1 aliphatic rings. The van der Waals surface area contributed by atoms with Crippen LogP contribution in [0.1, 0.15) is 25.0 Å². The lowest BCUT2D eigenvalue weighted by molar-refractivity contribution is 0.122. The summed E-state index contributed by atoms with van der Waals surface area (Å²) in [6.07, 6.45) is 0.185. The fourth-order valence-electron chi connectivity index (χ4n) is 2.34. The van der Waals surface area contributed by atoms with Gasteiger partial charge >= 0.3 is 6.03 Å². The zero-order chi connectivity index (χ0) is 15.8. The Morgan fingerprint density at radius 2 is 1.95 bits per heavy atom. The monoisotopic (exact) mass is 307 g/mol. The number of amides is 2. The highest BCUT2D eigenvalue weighted by Crippen LogP contribution is 2.19. The highest BCUT2D eigenvalue weighted by molar-refractivity contribution is 5.73. The Morgan fingerprint density at radius 3 is 2.59 bits per heavy atom. The second-order valence-electron chi connectivity index (χ2n) is 5.34. The third-order valence-corrected chi connectivity index (χ3v) is 3.65. The van der Waals surface area contributed by atoms with Gasteiger partial charge < -0.3 is 25.4 Å². The molecule has 1 heterocycles. The smallest absolute Gasteiger partial charge is 0.314 e. The molecule has 1 saturated heterocycles. The SMILES string of the molecule is CCCNC(=O)NCC(O)c1ccc(N2CCOCC2)cc1. The van der Waals surface area contributed by atoms with Crippen LogP contribution in [0, 0.1) is 0 Å². The van der Waals surface area contributed by atoms with E-state index in [-0.39, 0.29) is 12.6 Å². The molecule has 1 aromatic carbocycles. The maximum Gasteiger partial charge on any atom is 0.314 e. The van der Waals surface area contributed by atoms with E-state index in [1.54, 1.807) is 0 Å². The second kappa shape index (κ2) is 8.60. The van der Waals surface area contributed by atoms with E-state index in [0.29, 0.717) is 6.54 Å². The van der Waals surface area contributed by atoms with Crippen molar-refractivity contribution in [1.29, 1.82) is 0 Å². The van der Waals surface area contributed by atoms with Crippen LogP contribution in [-0.4, -0.2) is 50.5 Å². The van der Waals surface area contributed by atoms with Gasteiger partial charge in [-0.15, -0.1) is 0 Å². The predicted molar refractivity (Wildman–Crippen MR) is 86.1 cm³/mol. The lowest BCUT2D eigenvalue weighted by Gasteiger charge is -2.29. The number of nitrogens with one attached hydrogen (secondary N) is 2. The standard InChI is InChI=1S/C16H25N3O3/c1-2-7-17-16(21)18-12-15(20)13-3-5-14(6-4-13)19-8-10-22-11-9-19/h3-6,15,20H,2,7-12H2,1H3,(H2,17,18,21). The number of aliphatic hydroxyl groups is 1. The number of ether oxygens (including phenoxy) is 1. The second-order valence-corrected chi connectivity index (χ2v) is 5.34. The highest BCUT2D eigenvalue weighted by atomic mass is 16.5. The number of urea groups is 1. The van der Waals surface area contributed by atoms with Crippen molar-refractivity contribution < 1.29 is 14.6 Å². The molecular weight excluding hydrogens is 282 g/mol. The largest absolute Gasteiger partial charge is 0.387 e. The number of carbonyl (C=O) groups is 1. The number of nitrogens with zero attached hydrogens (tertiary/aromatic N) is 1. The van der Waals surface area contributed by atoms with E-state index in [4.69, 9.17) is 4.74 Å². The van der Waals surface area contributed by atoms with Crippen LogP contribution in [0.4, 0.5) is 10.5 Å². The molecule has 1 aromatic rings. The van der Waals surface area contributed by atoms with Crippen molar-refractivity contribution in [2.75, 3.05) is 44.3 Å². The number of hydrogen-bond acceptors (Lipinski definition) is 4. The van der Waals surface area contributed by atoms with Crippen molar-refractivity contribution in [3.63, 3.8) is 0 Å². The van der Waals surface area contributed by atoms with Gasteiger partial charge in [0.15, 0.2) is 0 Å². The minimum atomic E-state index is -0.703. The van der Waals surface area contributed by atoms with Gasteiger partial charge in [-0.25, -0.2) is 4.79 Å². The molecule has 2 amide bonds. The molecular formula is C16H25N3O3. The molecule has 6 heteroatoms. The maximum atomic E-state index is 11.4. The minimum absolute atomic E-state index is 0.201. The van der Waals surface area contributed by atoms with Gasteiger partial charge in [0, 0.05) is 31.9 Å². The molecule has 0 aliphatic carbocycles. The number of anilines is 1. The summed E-state index contributed by atoms with van der Waals surface area (Å²) < 4.78 is 5.34. The lowest BCUT2D eigenvalue weighted by atomic mass is 10.1. The lowest BCUT2D eigenvalue weighted by Crippen LogP contribution is -2.38. The zero-order valence-corrected chi connectivity index (χ0v) is 13.0. The summed E-state index contributed by atoms with van der Waals surface area (Å²) >= 11 is 0. The number of aliphatic hydroxyl groups excluding tert-OH is 1. The van der Waals surface area contributed by atoms with Crippen LogP contribution in [0.25, 0.3) is 0 Å². The van der Waals surface area contributed by atoms with E-state index in [1.807, 2.05) is 31.2 Å². The molecule has 122 valence electrons. The van der Waals surface area contributed by atoms with Gasteiger partial charge in [0.05, 0.1) is 19.3 Å². The van der Waals surface area contributed by atoms with Crippen LogP contribution in [0.15, 0.2) is 24.3 Å². The first kappa shape index (κ1) is 16.6. The highest BCUT2D eigenvalue weighted by Gasteiger charge is 2.13. The molecule has 22 heavy (non-hydrogen) atoms. The van der Waals surface area contributed by atoms with Crippen molar-refractivity contribution in [3.05, 3.63) is 29.8 Å². The van der Waals surface area contributed by atoms with Crippen LogP contribution >= 0.6 is 0 Å². The zero-order valence-electron chi connectivity index (χ0n) is 13.0. The molecule has 0 saturated carbocycles. The topological polar surface area (TPSA) is 73.8 Å². The van der Waals surface area contributed by atoms with Crippen molar-refractivity contribution in [2.24, 2.45) is 0 Å². The third-order valence-electron chi connectivity index (χ3n) is 3.65. The predicted octanol–water partition coefficient (Wildman–Crippen LogP) is 1.27. The number of morpholine rings is 1. The molecule has 3 N–H and O–H groups in total. The Hall–Kier alpha value is -1.79. The average molecular weight is 307 g/mol. The first-order valence-corrected chi connectivity index (χ1v) is 7.83. The van der Waals surface area contributed by atoms with Gasteiger partial charge in [-0.2, -0.15) is 0 Å². The summed E-state index contributed by atoms with van der Waals surface area (Å²) in [6.45, 7) is 6.11. The summed E-state index contributed by atoms with van der Waals surface area (Å²) in [5.74, 6) is 0. The van der Waals surface area contributed by atoms with Crippen molar-refractivity contribution >= 4 is 11.7 Å². The molecule has 1 atom stereocenters. The number of rotatable bonds is 6. The molecule has 0 spiro atoms. The van der Waals surface area contributed by atoms with Crippen LogP contribution in [0.3, 0.4) is 0 Å². The van der Waals surface area contributed by atoms with Gasteiger partial charge in [-0.1, -0.05) is 19.1 Å². The molecule has 1 unspecified atom stereocenters. The van der Waals surface area contributed by atoms with Gasteiger partial charge in [0.25, 0.3) is 0 Å². The fourth-order valence-corrected chi connectivity index (χ4v) is 2.34. The molecule has 6 nitrogen and oxygen atoms in total. The summed E-state index contributed by atoms with van der Waals surface area (Å²) in [7, 11) is 0. The normalized spacial score (nSPS) is 16.2. The van der Waals surface area contributed by atoms with E-state index in [9.17, 15) is 9.90 Å². The van der Waals surface area contributed by atoms with E-state index in [1.165, 1.54) is 0 Å². The fraction of sp³-hybridized carbons (Fsp3) is 0.562. The molecule has 1 aliphatic heterocycles. The minimum Gasteiger partial charge on any atom is -0.387 e. The summed E-state index contributed by atoms with van der Waals surface area (Å²) in [4.78, 5) is 13.7. The summed E-state index contributed by atoms with van der Waals surface area (Å²) in [5.41, 5.74) is 1.93. The van der Waals surface area contributed by atoms with Crippen LogP contribution in [0.2, 0.25) is 0 Å². The van der Waals surface area contributed by atoms with Gasteiger partial charge in [0.2, 0.25) is 0 Å². The number of hydrogen-bond donors (Lipinski definition) is 3. The molecule has 1 fully saturated rings. The molecule has 0 radical (unpaired) electrons. The van der Waals surface area contributed by atoms with E-state index in [0.717, 1.165) is 44.0 Å². The Labute approximate surface area is 131 Å². The summed E-state index contributed by atoms with van der Waals surface area (Å²) in [6, 6.07) is 7.57. The van der Waals surface area contributed by atoms with E-state index in [2.05, 4.69) is 15.5 Å². The van der Waals surface area contributed by atoms with Crippen LogP contribution in [-0.2, 0) is 4.74 Å². The number of benzene rings is 1. The van der Waals surface area contributed by atoms with Crippen molar-refractivity contribution in [2.45, 2.75) is 19.4 Å². The van der Waals surface area contributed by atoms with E-state index >= 15 is 0 Å². The Kier molecular flexibility index (Phi) is 6.48. The van der Waals surface area contributed by atoms with Gasteiger partial charge in [-0.05, 0) is 24.1 Å². The Bertz CT molecular complexity index is 458. The van der Waals surface area contributed by atoms with Gasteiger partial charge in [0.1, 0.15) is 0 Å². The maximum absolute atomic E-state index is 11.4. The Balaban J connectivity index is 1.82. The average Bonchev–Trinajstić information content (AvgIpc) is 2.58. The first-order valence-electron chi connectivity index (χ1n) is 7.83. The first-order chi connectivity index (χ1) is 10.7. The van der Waals surface area contributed by atoms with Crippen molar-refractivity contribution in [3.8, 4) is 0 Å². The van der Waals surface area contributed by atoms with Crippen LogP contribution < -0.4 is 15.5 Å². The molecule has 2 rings (SSSR count). The molecule has 0 aromatic heterocycles. The quantitative estimate of drug-likeness (QED) is 0.740. The summed E-state index contributed by atoms with van der Waals surface area (Å²) in [5, 5.41) is 15.5. The van der Waals surface area contributed by atoms with Crippen molar-refractivity contribution in [1.82, 2.24) is 10.6 Å². The molecule has 0 bridgehead atoms. The number of carbonyl (C=O) groups excluding carboxylic acids is 1. The van der Waals surface area contributed by atoms with Crippen LogP contribution in [0.5, 0.6) is 0 Å².